The molecule has 0 spiro atoms. The van der Waals surface area contributed by atoms with E-state index >= 15 is 0 Å². The van der Waals surface area contributed by atoms with Crippen LogP contribution in [0.15, 0.2) is 49.2 Å². The van der Waals surface area contributed by atoms with Gasteiger partial charge in [0.05, 0.1) is 37.0 Å². The zero-order valence-electron chi connectivity index (χ0n) is 24.6. The molecule has 4 aromatic heterocycles. The van der Waals surface area contributed by atoms with Gasteiger partial charge in [-0.2, -0.15) is 14.8 Å². The maximum absolute atomic E-state index is 11.1. The summed E-state index contributed by atoms with van der Waals surface area (Å²) in [7, 11) is 1.91. The second-order valence-corrected chi connectivity index (χ2v) is 11.1. The summed E-state index contributed by atoms with van der Waals surface area (Å²) in [4.78, 5) is 19.7. The number of nitrogens with zero attached hydrogens (tertiary/aromatic N) is 10. The highest BCUT2D eigenvalue weighted by Gasteiger charge is 2.47. The number of aryl methyl sites for hydroxylation is 1. The molecule has 0 aliphatic carbocycles. The van der Waals surface area contributed by atoms with E-state index in [2.05, 4.69) is 36.0 Å². The number of benzene rings is 1. The molecule has 1 aromatic carbocycles. The summed E-state index contributed by atoms with van der Waals surface area (Å²) in [6, 6.07) is 9.43. The predicted octanol–water partition coefficient (Wildman–Crippen LogP) is 0.789. The summed E-state index contributed by atoms with van der Waals surface area (Å²) in [6.07, 6.45) is 1.64. The van der Waals surface area contributed by atoms with Gasteiger partial charge in [0.15, 0.2) is 29.3 Å². The molecule has 0 bridgehead atoms. The van der Waals surface area contributed by atoms with Crippen molar-refractivity contribution < 1.29 is 20.1 Å². The van der Waals surface area contributed by atoms with Crippen LogP contribution in [0.4, 0.5) is 11.8 Å². The zero-order valence-corrected chi connectivity index (χ0v) is 24.6. The van der Waals surface area contributed by atoms with Gasteiger partial charge in [-0.25, -0.2) is 9.97 Å². The minimum absolute atomic E-state index is 0.0380. The molecule has 1 fully saturated rings. The first-order valence-corrected chi connectivity index (χ1v) is 14.5. The summed E-state index contributed by atoms with van der Waals surface area (Å²) in [5, 5.41) is 51.1. The molecule has 0 radical (unpaired) electrons. The summed E-state index contributed by atoms with van der Waals surface area (Å²) in [6.45, 7) is 4.17. The molecule has 5 atom stereocenters. The molecule has 44 heavy (non-hydrogen) atoms. The van der Waals surface area contributed by atoms with E-state index in [0.29, 0.717) is 42.3 Å². The van der Waals surface area contributed by atoms with Crippen LogP contribution in [0.5, 0.6) is 0 Å². The van der Waals surface area contributed by atoms with E-state index in [1.807, 2.05) is 62.0 Å². The Morgan fingerprint density at radius 1 is 1.05 bits per heavy atom. The lowest BCUT2D eigenvalue weighted by Crippen LogP contribution is -2.29. The number of imidazole rings is 2. The standard InChI is InChI=1S/C28H36N12O4/c1-16(2)40-36-25(35-37-40)23-21(42)22(43)27(44-23)39-15-31-20-24(32-19(13-41)11-17-7-5-4-6-8-17)33-28(34-26(20)39)29-10-9-18-12-38(3)14-30-18/h4-8,12,14-16,19,21-23,27,41-43H,9-11,13H2,1-3H3,(H2,29,32,33,34)/t19-,21-,22+,23-,27+/m0/s1. The van der Waals surface area contributed by atoms with Gasteiger partial charge in [0, 0.05) is 26.2 Å². The number of hydrogen-bond donors (Lipinski definition) is 5. The molecule has 1 saturated heterocycles. The number of hydrogen-bond acceptors (Lipinski definition) is 13. The highest BCUT2D eigenvalue weighted by atomic mass is 16.6. The van der Waals surface area contributed by atoms with Gasteiger partial charge in [-0.15, -0.1) is 10.2 Å². The molecule has 5 heterocycles. The van der Waals surface area contributed by atoms with Crippen LogP contribution in [0.1, 0.15) is 49.3 Å². The van der Waals surface area contributed by atoms with Crippen LogP contribution in [0.25, 0.3) is 11.2 Å². The Morgan fingerprint density at radius 2 is 1.86 bits per heavy atom. The maximum Gasteiger partial charge on any atom is 0.226 e. The van der Waals surface area contributed by atoms with Gasteiger partial charge < -0.3 is 35.3 Å². The smallest absolute Gasteiger partial charge is 0.226 e. The predicted molar refractivity (Wildman–Crippen MR) is 158 cm³/mol. The highest BCUT2D eigenvalue weighted by molar-refractivity contribution is 5.84. The summed E-state index contributed by atoms with van der Waals surface area (Å²) in [5.41, 5.74) is 2.73. The first kappa shape index (κ1) is 29.6. The van der Waals surface area contributed by atoms with Crippen molar-refractivity contribution in [1.82, 2.24) is 49.3 Å². The number of tetrazole rings is 1. The Bertz CT molecular complexity index is 1690. The molecule has 6 rings (SSSR count). The molecule has 0 saturated carbocycles. The van der Waals surface area contributed by atoms with Crippen LogP contribution in [0.2, 0.25) is 0 Å². The maximum atomic E-state index is 11.1. The van der Waals surface area contributed by atoms with Gasteiger partial charge in [0.25, 0.3) is 0 Å². The van der Waals surface area contributed by atoms with E-state index in [9.17, 15) is 15.3 Å². The molecule has 16 heteroatoms. The van der Waals surface area contributed by atoms with Gasteiger partial charge >= 0.3 is 0 Å². The topological polar surface area (TPSA) is 199 Å². The summed E-state index contributed by atoms with van der Waals surface area (Å²) in [5.74, 6) is 0.869. The van der Waals surface area contributed by atoms with E-state index in [0.717, 1.165) is 11.3 Å². The van der Waals surface area contributed by atoms with E-state index in [-0.39, 0.29) is 24.5 Å². The lowest BCUT2D eigenvalue weighted by Gasteiger charge is -2.19. The van der Waals surface area contributed by atoms with Crippen LogP contribution in [-0.4, -0.2) is 96.0 Å². The molecule has 0 amide bonds. The number of aliphatic hydroxyl groups is 3. The van der Waals surface area contributed by atoms with Crippen LogP contribution >= 0.6 is 0 Å². The third-order valence-electron chi connectivity index (χ3n) is 7.40. The van der Waals surface area contributed by atoms with E-state index in [1.54, 1.807) is 10.9 Å². The van der Waals surface area contributed by atoms with Gasteiger partial charge in [-0.05, 0) is 31.0 Å². The van der Waals surface area contributed by atoms with Crippen LogP contribution in [-0.2, 0) is 24.6 Å². The fourth-order valence-electron chi connectivity index (χ4n) is 5.11. The van der Waals surface area contributed by atoms with Crippen LogP contribution in [0.3, 0.4) is 0 Å². The van der Waals surface area contributed by atoms with Gasteiger partial charge in [-0.1, -0.05) is 30.3 Å². The number of nitrogens with one attached hydrogen (secondary N) is 2. The fraction of sp³-hybridized carbons (Fsp3) is 0.464. The monoisotopic (exact) mass is 604 g/mol. The average Bonchev–Trinajstić information content (AvgIpc) is 3.81. The summed E-state index contributed by atoms with van der Waals surface area (Å²) < 4.78 is 9.55. The van der Waals surface area contributed by atoms with Gasteiger partial charge in [0.1, 0.15) is 12.2 Å². The molecule has 16 nitrogen and oxygen atoms in total. The van der Waals surface area contributed by atoms with Gasteiger partial charge in [0.2, 0.25) is 11.8 Å². The highest BCUT2D eigenvalue weighted by Crippen LogP contribution is 2.39. The van der Waals surface area contributed by atoms with Crippen molar-refractivity contribution in [1.29, 1.82) is 0 Å². The molecule has 1 aliphatic rings. The normalized spacial score (nSPS) is 20.9. The third kappa shape index (κ3) is 6.10. The lowest BCUT2D eigenvalue weighted by molar-refractivity contribution is -0.0384. The SMILES string of the molecule is CC(C)n1nnc([C@H]2O[C@@H](n3cnc4c(N[C@H](CO)Cc5ccccc5)nc(NCCc5cn(C)cn5)nc43)[C@H](O)[C@@H]2O)n1. The Labute approximate surface area is 252 Å². The Kier molecular flexibility index (Phi) is 8.47. The van der Waals surface area contributed by atoms with Crippen molar-refractivity contribution in [3.63, 3.8) is 0 Å². The zero-order chi connectivity index (χ0) is 30.8. The molecular formula is C28H36N12O4. The van der Waals surface area contributed by atoms with Crippen molar-refractivity contribution in [2.24, 2.45) is 7.05 Å². The van der Waals surface area contributed by atoms with Crippen LogP contribution in [0, 0.1) is 0 Å². The Hall–Kier alpha value is -4.51. The Morgan fingerprint density at radius 3 is 2.57 bits per heavy atom. The minimum Gasteiger partial charge on any atom is -0.394 e. The second-order valence-electron chi connectivity index (χ2n) is 11.1. The second kappa shape index (κ2) is 12.6. The van der Waals surface area contributed by atoms with Crippen molar-refractivity contribution in [2.75, 3.05) is 23.8 Å². The van der Waals surface area contributed by atoms with Crippen molar-refractivity contribution in [2.45, 2.75) is 63.3 Å². The Balaban J connectivity index is 1.31. The number of aliphatic hydroxyl groups excluding tert-OH is 3. The first-order valence-electron chi connectivity index (χ1n) is 14.5. The van der Waals surface area contributed by atoms with Crippen molar-refractivity contribution >= 4 is 22.9 Å². The van der Waals surface area contributed by atoms with E-state index < -0.39 is 24.5 Å². The van der Waals surface area contributed by atoms with Crippen molar-refractivity contribution in [3.8, 4) is 0 Å². The molecule has 5 aromatic rings. The molecule has 1 aliphatic heterocycles. The number of rotatable bonds is 12. The number of aromatic nitrogens is 10. The minimum atomic E-state index is -1.33. The molecule has 5 N–H and O–H groups in total. The third-order valence-corrected chi connectivity index (χ3v) is 7.40. The van der Waals surface area contributed by atoms with Crippen LogP contribution < -0.4 is 10.6 Å². The number of fused-ring (bicyclic) bond motifs is 1. The largest absolute Gasteiger partial charge is 0.394 e. The molecule has 232 valence electrons. The van der Waals surface area contributed by atoms with Crippen molar-refractivity contribution in [3.05, 3.63) is 66.3 Å². The fourth-order valence-corrected chi connectivity index (χ4v) is 5.11. The average molecular weight is 605 g/mol. The lowest BCUT2D eigenvalue weighted by atomic mass is 10.1. The summed E-state index contributed by atoms with van der Waals surface area (Å²) >= 11 is 0. The van der Waals surface area contributed by atoms with Gasteiger partial charge in [-0.3, -0.25) is 4.57 Å². The number of ether oxygens (including phenoxy) is 1. The quantitative estimate of drug-likeness (QED) is 0.134. The molecular weight excluding hydrogens is 568 g/mol. The number of anilines is 2. The first-order chi connectivity index (χ1) is 21.3. The molecule has 0 unspecified atom stereocenters. The van der Waals surface area contributed by atoms with E-state index in [4.69, 9.17) is 14.7 Å². The van der Waals surface area contributed by atoms with E-state index in [1.165, 1.54) is 11.1 Å².